The summed E-state index contributed by atoms with van der Waals surface area (Å²) in [6, 6.07) is 12.3. The Balaban J connectivity index is 1.65. The lowest BCUT2D eigenvalue weighted by Gasteiger charge is -2.21. The van der Waals surface area contributed by atoms with Crippen LogP contribution >= 0.6 is 39.3 Å². The van der Waals surface area contributed by atoms with Gasteiger partial charge in [0.2, 0.25) is 5.91 Å². The van der Waals surface area contributed by atoms with Gasteiger partial charge in [0.25, 0.3) is 5.91 Å². The molecule has 0 aliphatic heterocycles. The standard InChI is InChI=1S/C23H25BrClN5O2S/c1-13(2)20(27-22(32)15-7-5-14(3)6-8-15)21-28-29-23(30(21)4)33-12-19(31)26-16-9-10-17(24)18(25)11-16/h5-11,13,20H,12H2,1-4H3,(H,26,31)(H,27,32)/t20-/m1/s1. The first-order valence-electron chi connectivity index (χ1n) is 10.3. The minimum absolute atomic E-state index is 0.0885. The molecule has 0 saturated carbocycles. The van der Waals surface area contributed by atoms with Crippen LogP contribution in [0.25, 0.3) is 0 Å². The maximum absolute atomic E-state index is 12.8. The Morgan fingerprint density at radius 3 is 2.48 bits per heavy atom. The predicted octanol–water partition coefficient (Wildman–Crippen LogP) is 5.40. The fourth-order valence-electron chi connectivity index (χ4n) is 3.08. The summed E-state index contributed by atoms with van der Waals surface area (Å²) in [6.07, 6.45) is 0. The van der Waals surface area contributed by atoms with E-state index in [1.54, 1.807) is 30.3 Å². The molecule has 2 amide bonds. The molecule has 0 aliphatic carbocycles. The van der Waals surface area contributed by atoms with Crippen LogP contribution in [0.4, 0.5) is 5.69 Å². The number of aromatic nitrogens is 3. The summed E-state index contributed by atoms with van der Waals surface area (Å²) in [6.45, 7) is 6.00. The Kier molecular flexibility index (Phi) is 8.56. The van der Waals surface area contributed by atoms with Crippen LogP contribution in [0.15, 0.2) is 52.1 Å². The van der Waals surface area contributed by atoms with Crippen molar-refractivity contribution in [1.29, 1.82) is 0 Å². The normalized spacial score (nSPS) is 12.0. The minimum atomic E-state index is -0.329. The van der Waals surface area contributed by atoms with Crippen LogP contribution in [0.3, 0.4) is 0 Å². The van der Waals surface area contributed by atoms with Crippen LogP contribution in [0.2, 0.25) is 5.02 Å². The van der Waals surface area contributed by atoms with E-state index in [1.165, 1.54) is 11.8 Å². The van der Waals surface area contributed by atoms with Crippen LogP contribution in [0.1, 0.15) is 41.6 Å². The molecule has 0 spiro atoms. The summed E-state index contributed by atoms with van der Waals surface area (Å²) < 4.78 is 2.58. The summed E-state index contributed by atoms with van der Waals surface area (Å²) in [7, 11) is 1.83. The van der Waals surface area contributed by atoms with Gasteiger partial charge >= 0.3 is 0 Å². The lowest BCUT2D eigenvalue weighted by molar-refractivity contribution is -0.113. The van der Waals surface area contributed by atoms with E-state index < -0.39 is 0 Å². The second-order valence-electron chi connectivity index (χ2n) is 7.93. The van der Waals surface area contributed by atoms with Crippen molar-refractivity contribution >= 4 is 56.8 Å². The molecule has 2 aromatic carbocycles. The third-order valence-electron chi connectivity index (χ3n) is 4.95. The smallest absolute Gasteiger partial charge is 0.251 e. The molecular formula is C23H25BrClN5O2S. The number of carbonyl (C=O) groups excluding carboxylic acids is 2. The van der Waals surface area contributed by atoms with Crippen molar-refractivity contribution < 1.29 is 9.59 Å². The molecule has 0 saturated heterocycles. The third-order valence-corrected chi connectivity index (χ3v) is 7.20. The van der Waals surface area contributed by atoms with Crippen molar-refractivity contribution in [1.82, 2.24) is 20.1 Å². The molecule has 3 rings (SSSR count). The quantitative estimate of drug-likeness (QED) is 0.367. The number of nitrogens with zero attached hydrogens (tertiary/aromatic N) is 3. The number of anilines is 1. The molecule has 33 heavy (non-hydrogen) atoms. The zero-order valence-corrected chi connectivity index (χ0v) is 21.9. The summed E-state index contributed by atoms with van der Waals surface area (Å²) >= 11 is 10.7. The van der Waals surface area contributed by atoms with Crippen molar-refractivity contribution in [2.75, 3.05) is 11.1 Å². The molecule has 0 fully saturated rings. The Labute approximate surface area is 210 Å². The molecule has 0 unspecified atom stereocenters. The van der Waals surface area contributed by atoms with Gasteiger partial charge in [-0.15, -0.1) is 10.2 Å². The summed E-state index contributed by atoms with van der Waals surface area (Å²) in [4.78, 5) is 25.1. The van der Waals surface area contributed by atoms with Crippen molar-refractivity contribution in [3.8, 4) is 0 Å². The van der Waals surface area contributed by atoms with E-state index in [0.717, 1.165) is 10.0 Å². The number of nitrogens with one attached hydrogen (secondary N) is 2. The van der Waals surface area contributed by atoms with Crippen LogP contribution < -0.4 is 10.6 Å². The van der Waals surface area contributed by atoms with Gasteiger partial charge in [-0.3, -0.25) is 9.59 Å². The van der Waals surface area contributed by atoms with Crippen molar-refractivity contribution in [3.05, 3.63) is 68.9 Å². The van der Waals surface area contributed by atoms with Gasteiger partial charge in [-0.25, -0.2) is 0 Å². The highest BCUT2D eigenvalue weighted by atomic mass is 79.9. The zero-order chi connectivity index (χ0) is 24.1. The van der Waals surface area contributed by atoms with E-state index in [9.17, 15) is 9.59 Å². The number of hydrogen-bond acceptors (Lipinski definition) is 5. The molecule has 10 heteroatoms. The second kappa shape index (κ2) is 11.2. The number of carbonyl (C=O) groups is 2. The maximum atomic E-state index is 12.8. The third kappa shape index (κ3) is 6.59. The van der Waals surface area contributed by atoms with Gasteiger partial charge in [-0.05, 0) is 59.1 Å². The van der Waals surface area contributed by atoms with Crippen LogP contribution in [0, 0.1) is 12.8 Å². The molecule has 1 aromatic heterocycles. The van der Waals surface area contributed by atoms with E-state index in [4.69, 9.17) is 11.6 Å². The topological polar surface area (TPSA) is 88.9 Å². The first kappa shape index (κ1) is 25.3. The van der Waals surface area contributed by atoms with Crippen LogP contribution in [-0.2, 0) is 11.8 Å². The summed E-state index contributed by atoms with van der Waals surface area (Å²) in [5, 5.41) is 15.5. The molecule has 0 bridgehead atoms. The molecule has 1 atom stereocenters. The van der Waals surface area contributed by atoms with Crippen LogP contribution in [0.5, 0.6) is 0 Å². The van der Waals surface area contributed by atoms with E-state index in [2.05, 4.69) is 36.8 Å². The molecule has 7 nitrogen and oxygen atoms in total. The summed E-state index contributed by atoms with van der Waals surface area (Å²) in [5.41, 5.74) is 2.30. The number of hydrogen-bond donors (Lipinski definition) is 2. The number of benzene rings is 2. The number of halogens is 2. The SMILES string of the molecule is Cc1ccc(C(=O)N[C@@H](c2nnc(SCC(=O)Nc3ccc(Br)c(Cl)c3)n2C)C(C)C)cc1. The Bertz CT molecular complexity index is 1150. The number of amides is 2. The van der Waals surface area contributed by atoms with E-state index in [1.807, 2.05) is 44.5 Å². The lowest BCUT2D eigenvalue weighted by Crippen LogP contribution is -2.33. The fraction of sp³-hybridized carbons (Fsp3) is 0.304. The second-order valence-corrected chi connectivity index (χ2v) is 10.1. The van der Waals surface area contributed by atoms with Gasteiger partial charge in [0, 0.05) is 22.8 Å². The van der Waals surface area contributed by atoms with Crippen molar-refractivity contribution in [2.24, 2.45) is 13.0 Å². The molecule has 1 heterocycles. The van der Waals surface area contributed by atoms with Gasteiger partial charge in [0.1, 0.15) is 0 Å². The Morgan fingerprint density at radius 1 is 1.15 bits per heavy atom. The number of thioether (sulfide) groups is 1. The first-order chi connectivity index (χ1) is 15.7. The van der Waals surface area contributed by atoms with Gasteiger partial charge in [-0.2, -0.15) is 0 Å². The molecule has 174 valence electrons. The largest absolute Gasteiger partial charge is 0.342 e. The van der Waals surface area contributed by atoms with Crippen molar-refractivity contribution in [3.63, 3.8) is 0 Å². The Morgan fingerprint density at radius 2 is 1.85 bits per heavy atom. The first-order valence-corrected chi connectivity index (χ1v) is 12.5. The molecular weight excluding hydrogens is 526 g/mol. The molecule has 2 N–H and O–H groups in total. The monoisotopic (exact) mass is 549 g/mol. The van der Waals surface area contributed by atoms with Crippen molar-refractivity contribution in [2.45, 2.75) is 32.0 Å². The van der Waals surface area contributed by atoms with E-state index >= 15 is 0 Å². The van der Waals surface area contributed by atoms with Gasteiger partial charge < -0.3 is 15.2 Å². The van der Waals surface area contributed by atoms with Gasteiger partial charge in [-0.1, -0.05) is 54.9 Å². The van der Waals surface area contributed by atoms with Gasteiger partial charge in [0.05, 0.1) is 16.8 Å². The van der Waals surface area contributed by atoms with Crippen LogP contribution in [-0.4, -0.2) is 32.3 Å². The lowest BCUT2D eigenvalue weighted by atomic mass is 10.0. The highest BCUT2D eigenvalue weighted by Gasteiger charge is 2.25. The average molecular weight is 551 g/mol. The Hall–Kier alpha value is -2.36. The highest BCUT2D eigenvalue weighted by Crippen LogP contribution is 2.27. The molecule has 3 aromatic rings. The number of rotatable bonds is 8. The van der Waals surface area contributed by atoms with Gasteiger partial charge in [0.15, 0.2) is 11.0 Å². The van der Waals surface area contributed by atoms with E-state index in [-0.39, 0.29) is 29.5 Å². The summed E-state index contributed by atoms with van der Waals surface area (Å²) in [5.74, 6) is 0.523. The highest BCUT2D eigenvalue weighted by molar-refractivity contribution is 9.10. The predicted molar refractivity (Wildman–Crippen MR) is 136 cm³/mol. The zero-order valence-electron chi connectivity index (χ0n) is 18.7. The molecule has 0 radical (unpaired) electrons. The van der Waals surface area contributed by atoms with E-state index in [0.29, 0.717) is 27.3 Å². The molecule has 0 aliphatic rings. The fourth-order valence-corrected chi connectivity index (χ4v) is 4.23. The average Bonchev–Trinajstić information content (AvgIpc) is 3.13. The minimum Gasteiger partial charge on any atom is -0.342 e. The number of aryl methyl sites for hydroxylation is 1. The maximum Gasteiger partial charge on any atom is 0.251 e.